The summed E-state index contributed by atoms with van der Waals surface area (Å²) in [5.41, 5.74) is 2.89. The Morgan fingerprint density at radius 2 is 0.879 bits per heavy atom. The van der Waals surface area contributed by atoms with E-state index >= 15 is 0 Å². The molecule has 0 aromatic heterocycles. The maximum absolute atomic E-state index is 13.8. The van der Waals surface area contributed by atoms with Crippen molar-refractivity contribution in [2.45, 2.75) is 228 Å². The van der Waals surface area contributed by atoms with Crippen LogP contribution in [-0.4, -0.2) is 97.4 Å². The first-order valence-electron chi connectivity index (χ1n) is 26.5. The number of hydrogen-bond acceptors (Lipinski definition) is 10. The number of hydrogen-bond donors (Lipinski definition) is 0. The van der Waals surface area contributed by atoms with Gasteiger partial charge in [0.2, 0.25) is 0 Å². The molecule has 0 N–H and O–H groups in total. The highest BCUT2D eigenvalue weighted by Gasteiger charge is 2.42. The summed E-state index contributed by atoms with van der Waals surface area (Å²) in [5.74, 6) is -2.33. The Hall–Kier alpha value is -3.76. The zero-order valence-corrected chi connectivity index (χ0v) is 41.0. The van der Waals surface area contributed by atoms with Gasteiger partial charge >= 0.3 is 23.9 Å². The Bertz CT molecular complexity index is 1730. The molecule has 4 aliphatic rings. The van der Waals surface area contributed by atoms with Gasteiger partial charge in [-0.2, -0.15) is 0 Å². The van der Waals surface area contributed by atoms with Gasteiger partial charge in [0.1, 0.15) is 37.3 Å². The van der Waals surface area contributed by atoms with Crippen molar-refractivity contribution >= 4 is 23.9 Å². The minimum atomic E-state index is -0.635. The molecule has 4 heterocycles. The fraction of sp³-hybridized carbons (Fsp3) is 0.714. The molecule has 4 bridgehead atoms. The van der Waals surface area contributed by atoms with Gasteiger partial charge in [0.15, 0.2) is 0 Å². The molecule has 366 valence electrons. The SMILES string of the molecule is CCCCCCCCCCCC(=O)OCC(C(=O)O[C@H]1C[C@H]2CC[C@@H](C1)N2C)c1ccc(CCCCCCCCCC(=O)OCC(C(=O)O[C@H]2C[C@H]3CC[C@@H](C2)N3C)c2ccccc2)cc1. The molecule has 2 aromatic rings. The molecule has 4 saturated heterocycles. The highest BCUT2D eigenvalue weighted by Crippen LogP contribution is 2.37. The van der Waals surface area contributed by atoms with Crippen molar-refractivity contribution < 1.29 is 38.1 Å². The van der Waals surface area contributed by atoms with Crippen molar-refractivity contribution in [1.29, 1.82) is 0 Å². The van der Waals surface area contributed by atoms with Crippen LogP contribution in [-0.2, 0) is 44.5 Å². The molecule has 4 fully saturated rings. The van der Waals surface area contributed by atoms with Gasteiger partial charge in [0.05, 0.1) is 0 Å². The fourth-order valence-corrected chi connectivity index (χ4v) is 11.2. The van der Waals surface area contributed by atoms with Gasteiger partial charge in [-0.1, -0.05) is 145 Å². The zero-order chi connectivity index (χ0) is 46.5. The molecule has 10 nitrogen and oxygen atoms in total. The lowest BCUT2D eigenvalue weighted by Crippen LogP contribution is -2.44. The first-order valence-corrected chi connectivity index (χ1v) is 26.5. The number of aryl methyl sites for hydroxylation is 1. The Labute approximate surface area is 397 Å². The molecule has 0 radical (unpaired) electrons. The lowest BCUT2D eigenvalue weighted by Gasteiger charge is -2.36. The second kappa shape index (κ2) is 27.9. The molecular formula is C56H84N2O8. The summed E-state index contributed by atoms with van der Waals surface area (Å²) in [7, 11) is 4.36. The van der Waals surface area contributed by atoms with Gasteiger partial charge in [0, 0.05) is 37.0 Å². The number of fused-ring (bicyclic) bond motifs is 4. The summed E-state index contributed by atoms with van der Waals surface area (Å²) in [4.78, 5) is 57.6. The topological polar surface area (TPSA) is 112 Å². The second-order valence-corrected chi connectivity index (χ2v) is 20.3. The Morgan fingerprint density at radius 1 is 0.500 bits per heavy atom. The third-order valence-corrected chi connectivity index (χ3v) is 15.5. The molecule has 0 aliphatic carbocycles. The largest absolute Gasteiger partial charge is 0.464 e. The van der Waals surface area contributed by atoms with E-state index in [1.54, 1.807) is 0 Å². The molecule has 2 aromatic carbocycles. The van der Waals surface area contributed by atoms with Crippen molar-refractivity contribution in [3.63, 3.8) is 0 Å². The van der Waals surface area contributed by atoms with Crippen LogP contribution in [0.5, 0.6) is 0 Å². The van der Waals surface area contributed by atoms with E-state index in [-0.39, 0.29) is 49.3 Å². The summed E-state index contributed by atoms with van der Waals surface area (Å²) >= 11 is 0. The van der Waals surface area contributed by atoms with Crippen LogP contribution in [0, 0.1) is 0 Å². The van der Waals surface area contributed by atoms with Gasteiger partial charge in [-0.05, 0) is 108 Å². The maximum atomic E-state index is 13.8. The van der Waals surface area contributed by atoms with Crippen molar-refractivity contribution in [3.05, 3.63) is 71.3 Å². The first-order chi connectivity index (χ1) is 32.2. The Morgan fingerprint density at radius 3 is 1.30 bits per heavy atom. The number of rotatable bonds is 30. The normalized spacial score (nSPS) is 23.6. The Kier molecular flexibility index (Phi) is 21.8. The van der Waals surface area contributed by atoms with E-state index in [1.165, 1.54) is 44.1 Å². The third-order valence-electron chi connectivity index (χ3n) is 15.5. The number of nitrogens with zero attached hydrogens (tertiary/aromatic N) is 2. The lowest BCUT2D eigenvalue weighted by molar-refractivity contribution is -0.159. The van der Waals surface area contributed by atoms with Crippen LogP contribution in [0.3, 0.4) is 0 Å². The number of piperidine rings is 2. The quantitative estimate of drug-likeness (QED) is 0.0427. The molecular weight excluding hydrogens is 829 g/mol. The predicted octanol–water partition coefficient (Wildman–Crippen LogP) is 11.6. The molecule has 10 heteroatoms. The lowest BCUT2D eigenvalue weighted by atomic mass is 9.96. The van der Waals surface area contributed by atoms with E-state index in [0.717, 1.165) is 133 Å². The number of unbranched alkanes of at least 4 members (excludes halogenated alkanes) is 14. The summed E-state index contributed by atoms with van der Waals surface area (Å²) in [6.07, 6.45) is 27.6. The van der Waals surface area contributed by atoms with E-state index in [2.05, 4.69) is 43.0 Å². The maximum Gasteiger partial charge on any atom is 0.317 e. The second-order valence-electron chi connectivity index (χ2n) is 20.3. The number of ether oxygens (including phenoxy) is 4. The molecule has 6 rings (SSSR count). The standard InChI is InChI=1S/C56H84N2O8/c1-4-5-6-7-8-9-12-15-21-27-54(60)64-41-52(56(62)66-50-38-47-34-35-48(39-50)58(47)3)44-30-28-42(29-31-44)23-18-14-11-10-13-16-22-26-53(59)63-40-51(43-24-19-17-20-25-43)55(61)65-49-36-45-32-33-46(37-49)57(45)2/h17,19-20,24-25,28-31,45-52H,4-16,18,21-23,26-27,32-41H2,1-3H3/t45-,46+,47-,48+,49+,50+,51?,52?. The number of benzene rings is 2. The van der Waals surface area contributed by atoms with E-state index in [4.69, 9.17) is 18.9 Å². The van der Waals surface area contributed by atoms with Crippen molar-refractivity contribution in [2.75, 3.05) is 27.3 Å². The number of carbonyl (C=O) groups is 4. The van der Waals surface area contributed by atoms with E-state index in [1.807, 2.05) is 42.5 Å². The fourth-order valence-electron chi connectivity index (χ4n) is 11.2. The average Bonchev–Trinajstić information content (AvgIpc) is 3.62. The Balaban J connectivity index is 0.854. The van der Waals surface area contributed by atoms with E-state index < -0.39 is 11.8 Å². The highest BCUT2D eigenvalue weighted by atomic mass is 16.6. The first kappa shape index (κ1) is 51.6. The summed E-state index contributed by atoms with van der Waals surface area (Å²) in [6.45, 7) is 2.26. The van der Waals surface area contributed by atoms with Gasteiger partial charge in [0.25, 0.3) is 0 Å². The van der Waals surface area contributed by atoms with Crippen LogP contribution in [0.15, 0.2) is 54.6 Å². The zero-order valence-electron chi connectivity index (χ0n) is 41.0. The number of esters is 4. The van der Waals surface area contributed by atoms with Gasteiger partial charge in [-0.25, -0.2) is 0 Å². The number of carbonyl (C=O) groups excluding carboxylic acids is 4. The molecule has 66 heavy (non-hydrogen) atoms. The third kappa shape index (κ3) is 16.5. The summed E-state index contributed by atoms with van der Waals surface area (Å²) < 4.78 is 23.7. The van der Waals surface area contributed by atoms with Crippen LogP contribution in [0.1, 0.15) is 202 Å². The predicted molar refractivity (Wildman–Crippen MR) is 260 cm³/mol. The van der Waals surface area contributed by atoms with Crippen LogP contribution in [0.25, 0.3) is 0 Å². The monoisotopic (exact) mass is 913 g/mol. The molecule has 4 aliphatic heterocycles. The van der Waals surface area contributed by atoms with Crippen LogP contribution in [0.4, 0.5) is 0 Å². The average molecular weight is 913 g/mol. The van der Waals surface area contributed by atoms with Gasteiger partial charge in [-0.3, -0.25) is 19.2 Å². The van der Waals surface area contributed by atoms with Crippen LogP contribution >= 0.6 is 0 Å². The van der Waals surface area contributed by atoms with Crippen LogP contribution in [0.2, 0.25) is 0 Å². The van der Waals surface area contributed by atoms with Crippen LogP contribution < -0.4 is 0 Å². The van der Waals surface area contributed by atoms with Gasteiger partial charge in [-0.15, -0.1) is 0 Å². The molecule has 0 amide bonds. The minimum absolute atomic E-state index is 0.00515. The molecule has 0 spiro atoms. The van der Waals surface area contributed by atoms with Gasteiger partial charge < -0.3 is 28.7 Å². The van der Waals surface area contributed by atoms with Crippen molar-refractivity contribution in [1.82, 2.24) is 9.80 Å². The summed E-state index contributed by atoms with van der Waals surface area (Å²) in [5, 5.41) is 0. The molecule has 0 saturated carbocycles. The molecule has 8 atom stereocenters. The van der Waals surface area contributed by atoms with Crippen molar-refractivity contribution in [2.24, 2.45) is 0 Å². The van der Waals surface area contributed by atoms with E-state index in [9.17, 15) is 19.2 Å². The minimum Gasteiger partial charge on any atom is -0.464 e. The van der Waals surface area contributed by atoms with E-state index in [0.29, 0.717) is 37.0 Å². The van der Waals surface area contributed by atoms with Crippen molar-refractivity contribution in [3.8, 4) is 0 Å². The molecule has 2 unspecified atom stereocenters. The smallest absolute Gasteiger partial charge is 0.317 e. The summed E-state index contributed by atoms with van der Waals surface area (Å²) in [6, 6.07) is 19.7. The highest BCUT2D eigenvalue weighted by molar-refractivity contribution is 5.80.